The summed E-state index contributed by atoms with van der Waals surface area (Å²) in [5.74, 6) is 1.65. The molecule has 0 aliphatic heterocycles. The molecule has 2 aromatic rings. The summed E-state index contributed by atoms with van der Waals surface area (Å²) < 4.78 is 27.4. The normalized spacial score (nSPS) is 12.5. The van der Waals surface area contributed by atoms with Crippen LogP contribution in [0.25, 0.3) is 0 Å². The summed E-state index contributed by atoms with van der Waals surface area (Å²) >= 11 is 0. The molecule has 0 bridgehead atoms. The van der Waals surface area contributed by atoms with Crippen LogP contribution in [-0.4, -0.2) is 25.6 Å². The monoisotopic (exact) mass is 336 g/mol. The highest BCUT2D eigenvalue weighted by molar-refractivity contribution is 5.97. The van der Waals surface area contributed by atoms with E-state index in [0.717, 1.165) is 0 Å². The van der Waals surface area contributed by atoms with E-state index in [1.165, 1.54) is 0 Å². The van der Waals surface area contributed by atoms with Gasteiger partial charge in [-0.25, -0.2) is 0 Å². The van der Waals surface area contributed by atoms with E-state index in [1.807, 2.05) is 20.8 Å². The Hall–Kier alpha value is -1.89. The summed E-state index contributed by atoms with van der Waals surface area (Å²) in [4.78, 5) is 12.7. The van der Waals surface area contributed by atoms with E-state index in [4.69, 9.17) is 23.0 Å². The highest BCUT2D eigenvalue weighted by Crippen LogP contribution is 2.26. The van der Waals surface area contributed by atoms with Gasteiger partial charge >= 0.3 is 0 Å². The van der Waals surface area contributed by atoms with Crippen molar-refractivity contribution in [3.05, 3.63) is 47.3 Å². The number of rotatable bonds is 11. The van der Waals surface area contributed by atoms with Crippen molar-refractivity contribution in [1.82, 2.24) is 0 Å². The van der Waals surface area contributed by atoms with Crippen LogP contribution in [0.15, 0.2) is 33.1 Å². The van der Waals surface area contributed by atoms with Gasteiger partial charge in [0.1, 0.15) is 30.5 Å². The standard InChI is InChI=1S/C18H24O6/c1-4-20-11-13-7-9-15(23-13)17(19)18(22-6-3)16-10-8-14(24-16)12-21-5-2/h7-10,18H,4-6,11-12H2,1-3H3. The SMILES string of the molecule is CCOCc1ccc(C(=O)C(OCC)c2ccc(COCC)o2)o1. The lowest BCUT2D eigenvalue weighted by Crippen LogP contribution is -2.15. The van der Waals surface area contributed by atoms with Gasteiger partial charge in [-0.15, -0.1) is 0 Å². The van der Waals surface area contributed by atoms with Crippen molar-refractivity contribution in [2.75, 3.05) is 19.8 Å². The van der Waals surface area contributed by atoms with Crippen molar-refractivity contribution < 1.29 is 27.8 Å². The van der Waals surface area contributed by atoms with Crippen LogP contribution < -0.4 is 0 Å². The molecule has 1 atom stereocenters. The lowest BCUT2D eigenvalue weighted by Gasteiger charge is -2.12. The van der Waals surface area contributed by atoms with Gasteiger partial charge in [0, 0.05) is 19.8 Å². The molecule has 0 N–H and O–H groups in total. The van der Waals surface area contributed by atoms with Crippen LogP contribution in [-0.2, 0) is 27.4 Å². The quantitative estimate of drug-likeness (QED) is 0.579. The minimum absolute atomic E-state index is 0.228. The zero-order chi connectivity index (χ0) is 17.4. The summed E-state index contributed by atoms with van der Waals surface area (Å²) in [6.07, 6.45) is -0.837. The number of carbonyl (C=O) groups excluding carboxylic acids is 1. The predicted octanol–water partition coefficient (Wildman–Crippen LogP) is 3.91. The van der Waals surface area contributed by atoms with Crippen molar-refractivity contribution in [2.24, 2.45) is 0 Å². The van der Waals surface area contributed by atoms with Gasteiger partial charge in [0.25, 0.3) is 0 Å². The highest BCUT2D eigenvalue weighted by atomic mass is 16.5. The van der Waals surface area contributed by atoms with Crippen molar-refractivity contribution in [2.45, 2.75) is 40.1 Å². The number of hydrogen-bond acceptors (Lipinski definition) is 6. The number of hydrogen-bond donors (Lipinski definition) is 0. The van der Waals surface area contributed by atoms with E-state index >= 15 is 0 Å². The Morgan fingerprint density at radius 1 is 0.917 bits per heavy atom. The number of furan rings is 2. The average molecular weight is 336 g/mol. The van der Waals surface area contributed by atoms with Gasteiger partial charge in [-0.1, -0.05) is 0 Å². The van der Waals surface area contributed by atoms with Crippen LogP contribution in [0.5, 0.6) is 0 Å². The number of ketones is 1. The zero-order valence-electron chi connectivity index (χ0n) is 14.4. The van der Waals surface area contributed by atoms with Crippen LogP contribution in [0.2, 0.25) is 0 Å². The smallest absolute Gasteiger partial charge is 0.234 e. The van der Waals surface area contributed by atoms with Gasteiger partial charge in [0.05, 0.1) is 0 Å². The third-order valence-electron chi connectivity index (χ3n) is 3.31. The molecule has 2 aromatic heterocycles. The topological polar surface area (TPSA) is 71.0 Å². The second kappa shape index (κ2) is 9.42. The van der Waals surface area contributed by atoms with E-state index in [2.05, 4.69) is 0 Å². The minimum atomic E-state index is -0.837. The van der Waals surface area contributed by atoms with Crippen LogP contribution in [0.1, 0.15) is 54.7 Å². The van der Waals surface area contributed by atoms with E-state index < -0.39 is 6.10 Å². The molecule has 0 aliphatic carbocycles. The van der Waals surface area contributed by atoms with E-state index in [-0.39, 0.29) is 11.5 Å². The maximum atomic E-state index is 12.7. The largest absolute Gasteiger partial charge is 0.460 e. The van der Waals surface area contributed by atoms with Gasteiger partial charge in [0.15, 0.2) is 11.9 Å². The molecular weight excluding hydrogens is 312 g/mol. The van der Waals surface area contributed by atoms with E-state index in [0.29, 0.717) is 50.3 Å². The second-order valence-corrected chi connectivity index (χ2v) is 5.04. The Labute approximate surface area is 141 Å². The molecule has 0 saturated carbocycles. The Balaban J connectivity index is 2.12. The first kappa shape index (κ1) is 18.4. The molecular formula is C18H24O6. The van der Waals surface area contributed by atoms with Crippen LogP contribution >= 0.6 is 0 Å². The fourth-order valence-electron chi connectivity index (χ4n) is 2.19. The second-order valence-electron chi connectivity index (χ2n) is 5.04. The van der Waals surface area contributed by atoms with Crippen LogP contribution in [0.3, 0.4) is 0 Å². The Morgan fingerprint density at radius 3 is 2.17 bits per heavy atom. The fourth-order valence-corrected chi connectivity index (χ4v) is 2.19. The lowest BCUT2D eigenvalue weighted by atomic mass is 10.1. The van der Waals surface area contributed by atoms with Crippen LogP contribution in [0.4, 0.5) is 0 Å². The Kier molecular flexibility index (Phi) is 7.24. The Morgan fingerprint density at radius 2 is 1.54 bits per heavy atom. The molecule has 0 fully saturated rings. The molecule has 0 radical (unpaired) electrons. The molecule has 2 rings (SSSR count). The van der Waals surface area contributed by atoms with Gasteiger partial charge in [0.2, 0.25) is 5.78 Å². The molecule has 0 saturated heterocycles. The van der Waals surface area contributed by atoms with Crippen molar-refractivity contribution >= 4 is 5.78 Å². The third-order valence-corrected chi connectivity index (χ3v) is 3.31. The minimum Gasteiger partial charge on any atom is -0.460 e. The van der Waals surface area contributed by atoms with Gasteiger partial charge in [-0.05, 0) is 45.0 Å². The molecule has 0 amide bonds. The maximum Gasteiger partial charge on any atom is 0.234 e. The molecule has 132 valence electrons. The number of ether oxygens (including phenoxy) is 3. The first-order chi connectivity index (χ1) is 11.7. The Bertz CT molecular complexity index is 627. The van der Waals surface area contributed by atoms with E-state index in [1.54, 1.807) is 24.3 Å². The first-order valence-corrected chi connectivity index (χ1v) is 8.18. The van der Waals surface area contributed by atoms with Gasteiger partial charge in [-0.2, -0.15) is 0 Å². The van der Waals surface area contributed by atoms with Gasteiger partial charge in [-0.3, -0.25) is 4.79 Å². The average Bonchev–Trinajstić information content (AvgIpc) is 3.24. The van der Waals surface area contributed by atoms with Crippen molar-refractivity contribution in [3.63, 3.8) is 0 Å². The predicted molar refractivity (Wildman–Crippen MR) is 86.8 cm³/mol. The molecule has 1 unspecified atom stereocenters. The highest BCUT2D eigenvalue weighted by Gasteiger charge is 2.28. The molecule has 6 heteroatoms. The molecule has 0 spiro atoms. The third kappa shape index (κ3) is 4.80. The number of Topliss-reactive ketones (excluding diaryl/α,β-unsaturated/α-hetero) is 1. The molecule has 6 nitrogen and oxygen atoms in total. The van der Waals surface area contributed by atoms with E-state index in [9.17, 15) is 4.79 Å². The summed E-state index contributed by atoms with van der Waals surface area (Å²) in [6.45, 7) is 7.89. The number of carbonyl (C=O) groups is 1. The fraction of sp³-hybridized carbons (Fsp3) is 0.500. The first-order valence-electron chi connectivity index (χ1n) is 8.18. The summed E-state index contributed by atoms with van der Waals surface area (Å²) in [7, 11) is 0. The summed E-state index contributed by atoms with van der Waals surface area (Å²) in [5, 5.41) is 0. The summed E-state index contributed by atoms with van der Waals surface area (Å²) in [6, 6.07) is 6.88. The van der Waals surface area contributed by atoms with Crippen LogP contribution in [0, 0.1) is 0 Å². The summed E-state index contributed by atoms with van der Waals surface area (Å²) in [5.41, 5.74) is 0. The van der Waals surface area contributed by atoms with Gasteiger partial charge < -0.3 is 23.0 Å². The molecule has 2 heterocycles. The zero-order valence-corrected chi connectivity index (χ0v) is 14.4. The molecule has 24 heavy (non-hydrogen) atoms. The maximum absolute atomic E-state index is 12.7. The van der Waals surface area contributed by atoms with Crippen molar-refractivity contribution in [1.29, 1.82) is 0 Å². The molecule has 0 aliphatic rings. The van der Waals surface area contributed by atoms with Crippen molar-refractivity contribution in [3.8, 4) is 0 Å². The lowest BCUT2D eigenvalue weighted by molar-refractivity contribution is 0.0325. The molecule has 0 aromatic carbocycles.